The molecule has 0 aliphatic carbocycles. The van der Waals surface area contributed by atoms with Crippen molar-refractivity contribution >= 4 is 17.7 Å². The van der Waals surface area contributed by atoms with E-state index in [9.17, 15) is 23.9 Å². The number of benzene rings is 2. The maximum Gasteiger partial charge on any atom is 0.252 e. The first kappa shape index (κ1) is 39.8. The van der Waals surface area contributed by atoms with Crippen LogP contribution in [0.5, 0.6) is 11.5 Å². The molecule has 2 aromatic heterocycles. The molecule has 1 aliphatic heterocycles. The number of fused-ring (bicyclic) bond motifs is 4. The lowest BCUT2D eigenvalue weighted by molar-refractivity contribution is -0.132. The van der Waals surface area contributed by atoms with Crippen molar-refractivity contribution in [2.75, 3.05) is 26.7 Å². The molecule has 54 heavy (non-hydrogen) atoms. The number of aryl methyl sites for hydroxylation is 1. The summed E-state index contributed by atoms with van der Waals surface area (Å²) in [6, 6.07) is 8.85. The number of ether oxygens (including phenoxy) is 2. The van der Waals surface area contributed by atoms with E-state index in [1.807, 2.05) is 26.1 Å². The number of aliphatic hydroxyl groups excluding tert-OH is 1. The molecule has 0 fully saturated rings. The molecule has 5 N–H and O–H groups in total. The normalized spacial score (nSPS) is 19.2. The molecule has 3 heterocycles. The Bertz CT molecular complexity index is 1860. The van der Waals surface area contributed by atoms with E-state index in [4.69, 9.17) is 9.47 Å². The molecule has 2 aromatic carbocycles. The number of nitrogens with zero attached hydrogens (tertiary/aromatic N) is 5. The number of aliphatic hydroxyl groups is 1. The van der Waals surface area contributed by atoms with Crippen LogP contribution in [0.15, 0.2) is 54.9 Å². The van der Waals surface area contributed by atoms with Gasteiger partial charge in [0.1, 0.15) is 30.2 Å². The van der Waals surface area contributed by atoms with Gasteiger partial charge in [-0.1, -0.05) is 31.2 Å². The second-order valence-electron chi connectivity index (χ2n) is 13.9. The van der Waals surface area contributed by atoms with Crippen molar-refractivity contribution in [3.63, 3.8) is 0 Å². The fourth-order valence-corrected chi connectivity index (χ4v) is 6.27. The summed E-state index contributed by atoms with van der Waals surface area (Å²) in [4.78, 5) is 42.5. The van der Waals surface area contributed by atoms with Gasteiger partial charge in [-0.05, 0) is 75.4 Å². The zero-order chi connectivity index (χ0) is 38.6. The number of carbonyl (C=O) groups is 3. The highest BCUT2D eigenvalue weighted by Crippen LogP contribution is 2.29. The van der Waals surface area contributed by atoms with E-state index in [-0.39, 0.29) is 23.9 Å². The number of aromatic nitrogens is 5. The van der Waals surface area contributed by atoms with Crippen molar-refractivity contribution in [1.82, 2.24) is 46.0 Å². The molecule has 15 nitrogen and oxygen atoms in total. The summed E-state index contributed by atoms with van der Waals surface area (Å²) in [6.07, 6.45) is 4.77. The van der Waals surface area contributed by atoms with Gasteiger partial charge in [0.25, 0.3) is 5.91 Å². The zero-order valence-corrected chi connectivity index (χ0v) is 31.2. The maximum atomic E-state index is 14.1. The van der Waals surface area contributed by atoms with Crippen LogP contribution in [0.25, 0.3) is 11.3 Å². The van der Waals surface area contributed by atoms with Crippen LogP contribution in [-0.4, -0.2) is 97.9 Å². The van der Waals surface area contributed by atoms with E-state index in [2.05, 4.69) is 41.4 Å². The van der Waals surface area contributed by atoms with Gasteiger partial charge in [-0.3, -0.25) is 29.1 Å². The first-order valence-corrected chi connectivity index (χ1v) is 18.3. The number of amides is 3. The molecule has 3 amide bonds. The zero-order valence-electron chi connectivity index (χ0n) is 31.2. The highest BCUT2D eigenvalue weighted by molar-refractivity contribution is 5.99. The third-order valence-corrected chi connectivity index (χ3v) is 9.07. The summed E-state index contributed by atoms with van der Waals surface area (Å²) in [7, 11) is 1.49. The minimum Gasteiger partial charge on any atom is -0.493 e. The lowest BCUT2D eigenvalue weighted by Gasteiger charge is -2.26. The van der Waals surface area contributed by atoms with Crippen molar-refractivity contribution in [2.45, 2.75) is 84.3 Å². The summed E-state index contributed by atoms with van der Waals surface area (Å²) in [5.41, 5.74) is 3.19. The third-order valence-electron chi connectivity index (χ3n) is 9.07. The van der Waals surface area contributed by atoms with Gasteiger partial charge in [0, 0.05) is 42.9 Å². The van der Waals surface area contributed by atoms with Crippen molar-refractivity contribution in [1.29, 1.82) is 0 Å². The summed E-state index contributed by atoms with van der Waals surface area (Å²) in [6.45, 7) is 8.18. The van der Waals surface area contributed by atoms with Gasteiger partial charge in [-0.15, -0.1) is 5.10 Å². The number of hydrogen-bond donors (Lipinski definition) is 5. The summed E-state index contributed by atoms with van der Waals surface area (Å²) < 4.78 is 27.3. The van der Waals surface area contributed by atoms with Crippen LogP contribution in [0.4, 0.5) is 4.39 Å². The second kappa shape index (κ2) is 19.1. The minimum absolute atomic E-state index is 0.0240. The van der Waals surface area contributed by atoms with Crippen molar-refractivity contribution in [3.05, 3.63) is 77.5 Å². The van der Waals surface area contributed by atoms with Crippen LogP contribution >= 0.6 is 0 Å². The van der Waals surface area contributed by atoms with Gasteiger partial charge >= 0.3 is 0 Å². The number of hydrogen-bond acceptors (Lipinski definition) is 10. The number of carbonyl (C=O) groups excluding carboxylic acids is 3. The average molecular weight is 748 g/mol. The van der Waals surface area contributed by atoms with E-state index < -0.39 is 35.9 Å². The molecule has 0 spiro atoms. The Hall–Kier alpha value is -5.35. The predicted octanol–water partition coefficient (Wildman–Crippen LogP) is 3.21. The number of H-pyrrole nitrogens is 1. The Morgan fingerprint density at radius 2 is 1.81 bits per heavy atom. The number of methoxy groups -OCH3 is 1. The molecule has 0 saturated carbocycles. The third kappa shape index (κ3) is 11.1. The Balaban J connectivity index is 1.36. The van der Waals surface area contributed by atoms with Gasteiger partial charge in [0.2, 0.25) is 11.8 Å². The SMILES string of the molecule is COc1ccc2cc1OCc1cn(nn1)CCCN(Cc1cn[nH]c1-c1cccc(F)c1)CCCCNC(=O)[C@H]([C@@H](C)O)NC(=O)[C@@H](CC(C)C)NC2=O. The molecular formula is C38H50FN9O6. The Morgan fingerprint density at radius 1 is 1.00 bits per heavy atom. The fraction of sp³-hybridized carbons (Fsp3) is 0.474. The second-order valence-corrected chi connectivity index (χ2v) is 13.9. The topological polar surface area (TPSA) is 189 Å². The molecule has 5 rings (SSSR count). The predicted molar refractivity (Wildman–Crippen MR) is 198 cm³/mol. The van der Waals surface area contributed by atoms with E-state index in [0.717, 1.165) is 24.1 Å². The minimum atomic E-state index is -1.23. The van der Waals surface area contributed by atoms with Crippen molar-refractivity contribution in [2.24, 2.45) is 5.92 Å². The molecule has 0 unspecified atom stereocenters. The average Bonchev–Trinajstić information content (AvgIpc) is 3.81. The summed E-state index contributed by atoms with van der Waals surface area (Å²) in [5.74, 6) is -1.24. The molecule has 290 valence electrons. The number of aromatic amines is 1. The number of rotatable bonds is 7. The maximum absolute atomic E-state index is 14.1. The van der Waals surface area contributed by atoms with Crippen LogP contribution in [0.2, 0.25) is 0 Å². The van der Waals surface area contributed by atoms with Gasteiger partial charge in [-0.2, -0.15) is 5.10 Å². The number of halogens is 1. The van der Waals surface area contributed by atoms with Crippen LogP contribution < -0.4 is 25.4 Å². The van der Waals surface area contributed by atoms with E-state index in [0.29, 0.717) is 68.3 Å². The Morgan fingerprint density at radius 3 is 2.57 bits per heavy atom. The molecule has 0 saturated heterocycles. The van der Waals surface area contributed by atoms with Gasteiger partial charge < -0.3 is 30.5 Å². The lowest BCUT2D eigenvalue weighted by Crippen LogP contribution is -2.57. The van der Waals surface area contributed by atoms with Crippen LogP contribution in [0.3, 0.4) is 0 Å². The first-order valence-electron chi connectivity index (χ1n) is 18.3. The fourth-order valence-electron chi connectivity index (χ4n) is 6.27. The molecule has 0 radical (unpaired) electrons. The monoisotopic (exact) mass is 747 g/mol. The number of nitrogens with one attached hydrogen (secondary N) is 4. The summed E-state index contributed by atoms with van der Waals surface area (Å²) >= 11 is 0. The smallest absolute Gasteiger partial charge is 0.252 e. The molecule has 3 atom stereocenters. The summed E-state index contributed by atoms with van der Waals surface area (Å²) in [5, 5.41) is 34.6. The van der Waals surface area contributed by atoms with E-state index >= 15 is 0 Å². The van der Waals surface area contributed by atoms with Gasteiger partial charge in [0.05, 0.1) is 31.3 Å². The Kier molecular flexibility index (Phi) is 14.1. The highest BCUT2D eigenvalue weighted by Gasteiger charge is 2.30. The largest absolute Gasteiger partial charge is 0.493 e. The molecule has 4 bridgehead atoms. The van der Waals surface area contributed by atoms with E-state index in [1.165, 1.54) is 32.2 Å². The van der Waals surface area contributed by atoms with Crippen LogP contribution in [-0.2, 0) is 29.3 Å². The van der Waals surface area contributed by atoms with Gasteiger partial charge in [0.15, 0.2) is 11.5 Å². The molecular weight excluding hydrogens is 697 g/mol. The molecule has 4 aromatic rings. The first-order chi connectivity index (χ1) is 26.0. The Labute approximate surface area is 314 Å². The standard InChI is InChI=1S/C38H50FN9O6/c1-24(2)17-31-37(51)43-34(25(3)49)38(52)40-13-5-6-14-47(21-28-20-41-45-35(28)26-9-7-10-29(39)18-26)15-8-16-48-22-30(44-46-48)23-54-33-19-27(36(50)42-31)11-12-32(33)53-4/h7,9-12,18-20,22,24-25,31,34,49H,5-6,8,13-17,21,23H2,1-4H3,(H,40,52)(H,41,45)(H,42,50)(H,43,51)/t25-,31-,34+/m1/s1. The van der Waals surface area contributed by atoms with Crippen LogP contribution in [0.1, 0.15) is 68.1 Å². The molecule has 16 heteroatoms. The van der Waals surface area contributed by atoms with Crippen molar-refractivity contribution < 1.29 is 33.4 Å². The van der Waals surface area contributed by atoms with E-state index in [1.54, 1.807) is 29.1 Å². The lowest BCUT2D eigenvalue weighted by atomic mass is 10.0. The van der Waals surface area contributed by atoms with Crippen molar-refractivity contribution in [3.8, 4) is 22.8 Å². The molecule has 1 aliphatic rings. The quantitative estimate of drug-likeness (QED) is 0.188. The van der Waals surface area contributed by atoms with Gasteiger partial charge in [-0.25, -0.2) is 4.39 Å². The van der Waals surface area contributed by atoms with Crippen LogP contribution in [0, 0.1) is 11.7 Å². The highest BCUT2D eigenvalue weighted by atomic mass is 19.1.